The smallest absolute Gasteiger partial charge is 0.251 e. The van der Waals surface area contributed by atoms with Crippen LogP contribution in [0.4, 0.5) is 0 Å². The van der Waals surface area contributed by atoms with Crippen molar-refractivity contribution < 1.29 is 14.3 Å². The predicted octanol–water partition coefficient (Wildman–Crippen LogP) is 1.58. The number of carbonyl (C=O) groups excluding carboxylic acids is 2. The Hall–Kier alpha value is -2.18. The molecule has 0 spiro atoms. The Kier molecular flexibility index (Phi) is 9.50. The highest BCUT2D eigenvalue weighted by molar-refractivity contribution is 5.94. The van der Waals surface area contributed by atoms with Gasteiger partial charge in [-0.3, -0.25) is 9.59 Å². The maximum Gasteiger partial charge on any atom is 0.251 e. The van der Waals surface area contributed by atoms with Gasteiger partial charge in [0.1, 0.15) is 6.10 Å². The van der Waals surface area contributed by atoms with Gasteiger partial charge in [-0.15, -0.1) is 6.58 Å². The number of ether oxygens (including phenoxy) is 1. The van der Waals surface area contributed by atoms with E-state index in [2.05, 4.69) is 17.2 Å². The van der Waals surface area contributed by atoms with Gasteiger partial charge in [-0.05, 0) is 45.1 Å². The second-order valence-electron chi connectivity index (χ2n) is 6.06. The molecule has 1 aromatic carbocycles. The highest BCUT2D eigenvalue weighted by Gasteiger charge is 2.12. The van der Waals surface area contributed by atoms with Gasteiger partial charge >= 0.3 is 0 Å². The quantitative estimate of drug-likeness (QED) is 0.471. The monoisotopic (exact) mass is 347 g/mol. The molecule has 1 rings (SSSR count). The first-order valence-electron chi connectivity index (χ1n) is 8.46. The zero-order chi connectivity index (χ0) is 18.7. The summed E-state index contributed by atoms with van der Waals surface area (Å²) in [6.45, 7) is 7.61. The van der Waals surface area contributed by atoms with Crippen LogP contribution in [0.3, 0.4) is 0 Å². The number of hydrogen-bond donors (Lipinski definition) is 2. The minimum atomic E-state index is -0.498. The molecule has 0 bridgehead atoms. The zero-order valence-electron chi connectivity index (χ0n) is 15.4. The van der Waals surface area contributed by atoms with Gasteiger partial charge in [0.15, 0.2) is 0 Å². The lowest BCUT2D eigenvalue weighted by Gasteiger charge is -2.13. The Labute approximate surface area is 150 Å². The van der Waals surface area contributed by atoms with Gasteiger partial charge in [0, 0.05) is 25.2 Å². The molecule has 0 fully saturated rings. The number of nitrogens with zero attached hydrogens (tertiary/aromatic N) is 1. The van der Waals surface area contributed by atoms with Gasteiger partial charge in [-0.2, -0.15) is 0 Å². The van der Waals surface area contributed by atoms with Crippen molar-refractivity contribution in [3.63, 3.8) is 0 Å². The topological polar surface area (TPSA) is 70.7 Å². The maximum absolute atomic E-state index is 12.0. The predicted molar refractivity (Wildman–Crippen MR) is 99.4 cm³/mol. The van der Waals surface area contributed by atoms with E-state index in [-0.39, 0.29) is 11.8 Å². The first-order chi connectivity index (χ1) is 11.9. The van der Waals surface area contributed by atoms with Crippen LogP contribution in [0, 0.1) is 0 Å². The van der Waals surface area contributed by atoms with Crippen LogP contribution in [0.2, 0.25) is 0 Å². The van der Waals surface area contributed by atoms with E-state index in [9.17, 15) is 9.59 Å². The summed E-state index contributed by atoms with van der Waals surface area (Å²) in [5, 5.41) is 5.69. The lowest BCUT2D eigenvalue weighted by atomic mass is 10.1. The van der Waals surface area contributed by atoms with Crippen molar-refractivity contribution in [1.29, 1.82) is 0 Å². The van der Waals surface area contributed by atoms with E-state index in [4.69, 9.17) is 4.74 Å². The molecule has 25 heavy (non-hydrogen) atoms. The summed E-state index contributed by atoms with van der Waals surface area (Å²) in [5.41, 5.74) is 1.53. The standard InChI is InChI=1S/C19H29N3O3/c1-5-6-13-25-15(2)18(23)21-14-16-7-9-17(10-8-16)19(24)20-11-12-22(3)4/h5,7-10,15H,1,6,11-14H2,2-4H3,(H,20,24)(H,21,23)/t15-/m1/s1. The lowest BCUT2D eigenvalue weighted by molar-refractivity contribution is -0.131. The molecule has 6 nitrogen and oxygen atoms in total. The molecule has 138 valence electrons. The van der Waals surface area contributed by atoms with E-state index in [1.165, 1.54) is 0 Å². The van der Waals surface area contributed by atoms with Crippen LogP contribution in [0.5, 0.6) is 0 Å². The third-order valence-electron chi connectivity index (χ3n) is 3.59. The van der Waals surface area contributed by atoms with E-state index in [0.717, 1.165) is 18.5 Å². The highest BCUT2D eigenvalue weighted by Crippen LogP contribution is 2.05. The highest BCUT2D eigenvalue weighted by atomic mass is 16.5. The van der Waals surface area contributed by atoms with Gasteiger partial charge in [0.2, 0.25) is 5.91 Å². The second kappa shape index (κ2) is 11.4. The van der Waals surface area contributed by atoms with Crippen molar-refractivity contribution in [1.82, 2.24) is 15.5 Å². The van der Waals surface area contributed by atoms with E-state index >= 15 is 0 Å². The number of amides is 2. The van der Waals surface area contributed by atoms with Crippen LogP contribution in [0.15, 0.2) is 36.9 Å². The van der Waals surface area contributed by atoms with Crippen LogP contribution in [-0.2, 0) is 16.1 Å². The summed E-state index contributed by atoms with van der Waals surface area (Å²) in [5.74, 6) is -0.253. The summed E-state index contributed by atoms with van der Waals surface area (Å²) in [6.07, 6.45) is 1.97. The van der Waals surface area contributed by atoms with Gasteiger partial charge in [-0.1, -0.05) is 18.2 Å². The number of hydrogen-bond acceptors (Lipinski definition) is 4. The maximum atomic E-state index is 12.0. The number of nitrogens with one attached hydrogen (secondary N) is 2. The summed E-state index contributed by atoms with van der Waals surface area (Å²) < 4.78 is 5.40. The van der Waals surface area contributed by atoms with Gasteiger partial charge in [0.25, 0.3) is 5.91 Å². The van der Waals surface area contributed by atoms with Gasteiger partial charge in [0.05, 0.1) is 6.61 Å². The molecule has 6 heteroatoms. The van der Waals surface area contributed by atoms with Crippen LogP contribution in [0.25, 0.3) is 0 Å². The summed E-state index contributed by atoms with van der Waals surface area (Å²) >= 11 is 0. The average molecular weight is 347 g/mol. The number of likely N-dealkylation sites (N-methyl/N-ethyl adjacent to an activating group) is 1. The van der Waals surface area contributed by atoms with Crippen LogP contribution in [0.1, 0.15) is 29.3 Å². The fourth-order valence-electron chi connectivity index (χ4n) is 2.01. The number of carbonyl (C=O) groups is 2. The molecule has 0 aromatic heterocycles. The Morgan fingerprint density at radius 2 is 1.92 bits per heavy atom. The molecule has 0 saturated carbocycles. The molecule has 0 radical (unpaired) electrons. The molecule has 0 unspecified atom stereocenters. The minimum absolute atomic E-state index is 0.0957. The largest absolute Gasteiger partial charge is 0.368 e. The fraction of sp³-hybridized carbons (Fsp3) is 0.474. The number of rotatable bonds is 11. The summed E-state index contributed by atoms with van der Waals surface area (Å²) in [7, 11) is 3.92. The molecule has 2 amide bonds. The normalized spacial score (nSPS) is 11.8. The molecule has 1 aromatic rings. The third kappa shape index (κ3) is 8.47. The van der Waals surface area contributed by atoms with Crippen molar-refractivity contribution in [2.24, 2.45) is 0 Å². The molecular formula is C19H29N3O3. The summed E-state index contributed by atoms with van der Waals surface area (Å²) in [4.78, 5) is 25.9. The van der Waals surface area contributed by atoms with E-state index in [0.29, 0.717) is 25.3 Å². The first kappa shape index (κ1) is 20.9. The SMILES string of the molecule is C=CCCO[C@H](C)C(=O)NCc1ccc(C(=O)NCCN(C)C)cc1. The molecule has 1 atom stereocenters. The molecule has 2 N–H and O–H groups in total. The number of benzene rings is 1. The lowest BCUT2D eigenvalue weighted by Crippen LogP contribution is -2.34. The Morgan fingerprint density at radius 3 is 2.52 bits per heavy atom. The zero-order valence-corrected chi connectivity index (χ0v) is 15.4. The van der Waals surface area contributed by atoms with Crippen LogP contribution < -0.4 is 10.6 Å². The fourth-order valence-corrected chi connectivity index (χ4v) is 2.01. The second-order valence-corrected chi connectivity index (χ2v) is 6.06. The van der Waals surface area contributed by atoms with E-state index in [1.54, 1.807) is 25.1 Å². The first-order valence-corrected chi connectivity index (χ1v) is 8.46. The van der Waals surface area contributed by atoms with Crippen molar-refractivity contribution in [3.05, 3.63) is 48.0 Å². The molecule has 0 heterocycles. The summed E-state index contributed by atoms with van der Waals surface area (Å²) in [6, 6.07) is 7.20. The van der Waals surface area contributed by atoms with Crippen molar-refractivity contribution in [3.8, 4) is 0 Å². The molecule has 0 saturated heterocycles. The molecular weight excluding hydrogens is 318 g/mol. The molecule has 0 aliphatic carbocycles. The molecule has 0 aliphatic heterocycles. The van der Waals surface area contributed by atoms with Crippen molar-refractivity contribution in [2.45, 2.75) is 26.0 Å². The van der Waals surface area contributed by atoms with Gasteiger partial charge in [-0.25, -0.2) is 0 Å². The molecule has 0 aliphatic rings. The van der Waals surface area contributed by atoms with Crippen molar-refractivity contribution in [2.75, 3.05) is 33.8 Å². The third-order valence-corrected chi connectivity index (χ3v) is 3.59. The minimum Gasteiger partial charge on any atom is -0.368 e. The average Bonchev–Trinajstić information content (AvgIpc) is 2.59. The van der Waals surface area contributed by atoms with Crippen molar-refractivity contribution >= 4 is 11.8 Å². The Morgan fingerprint density at radius 1 is 1.24 bits per heavy atom. The van der Waals surface area contributed by atoms with Gasteiger partial charge < -0.3 is 20.3 Å². The van der Waals surface area contributed by atoms with E-state index < -0.39 is 6.10 Å². The van der Waals surface area contributed by atoms with Crippen LogP contribution in [-0.4, -0.2) is 56.6 Å². The Bertz CT molecular complexity index is 556. The van der Waals surface area contributed by atoms with Crippen LogP contribution >= 0.6 is 0 Å². The Balaban J connectivity index is 2.39. The van der Waals surface area contributed by atoms with E-state index in [1.807, 2.05) is 31.1 Å².